The monoisotopic (exact) mass is 409 g/mol. The fourth-order valence-corrected chi connectivity index (χ4v) is 3.06. The normalized spacial score (nSPS) is 32.9. The Balaban J connectivity index is 2.02. The van der Waals surface area contributed by atoms with Gasteiger partial charge in [0.1, 0.15) is 6.10 Å². The first-order chi connectivity index (χ1) is 9.42. The lowest BCUT2D eigenvalue weighted by atomic mass is 9.93. The maximum atomic E-state index is 11.7. The van der Waals surface area contributed by atoms with E-state index in [1.54, 1.807) is 22.6 Å². The smallest absolute Gasteiger partial charge is 0.254 e. The number of thiol groups is 1. The van der Waals surface area contributed by atoms with Gasteiger partial charge >= 0.3 is 0 Å². The molecule has 1 aliphatic heterocycles. The number of carbonyl (C=O) groups is 3. The molecule has 2 atom stereocenters. The van der Waals surface area contributed by atoms with Gasteiger partial charge in [0.25, 0.3) is 11.8 Å². The van der Waals surface area contributed by atoms with Crippen LogP contribution in [0.4, 0.5) is 0 Å². The molecule has 1 fully saturated rings. The Morgan fingerprint density at radius 2 is 2.00 bits per heavy atom. The summed E-state index contributed by atoms with van der Waals surface area (Å²) in [4.78, 5) is 40.2. The van der Waals surface area contributed by atoms with Crippen molar-refractivity contribution in [3.8, 4) is 0 Å². The third-order valence-corrected chi connectivity index (χ3v) is 5.64. The lowest BCUT2D eigenvalue weighted by Crippen LogP contribution is -2.36. The van der Waals surface area contributed by atoms with Crippen molar-refractivity contribution in [3.63, 3.8) is 0 Å². The van der Waals surface area contributed by atoms with Crippen molar-refractivity contribution in [2.45, 2.75) is 49.4 Å². The van der Waals surface area contributed by atoms with Gasteiger partial charge in [0.2, 0.25) is 3.79 Å². The highest BCUT2D eigenvalue weighted by Gasteiger charge is 2.36. The lowest BCUT2D eigenvalue weighted by molar-refractivity contribution is -0.197. The van der Waals surface area contributed by atoms with Gasteiger partial charge in [0, 0.05) is 35.4 Å². The van der Waals surface area contributed by atoms with Crippen LogP contribution < -0.4 is 0 Å². The highest BCUT2D eigenvalue weighted by molar-refractivity contribution is 14.1. The minimum Gasteiger partial charge on any atom is -0.286 e. The van der Waals surface area contributed by atoms with Crippen LogP contribution in [0.15, 0.2) is 12.2 Å². The molecule has 0 spiro atoms. The predicted molar refractivity (Wildman–Crippen MR) is 84.3 cm³/mol. The number of hydrogen-bond acceptors (Lipinski definition) is 5. The van der Waals surface area contributed by atoms with E-state index in [0.717, 1.165) is 11.5 Å². The van der Waals surface area contributed by atoms with Crippen LogP contribution in [0.2, 0.25) is 0 Å². The molecule has 1 heterocycles. The quantitative estimate of drug-likeness (QED) is 0.255. The SMILES string of the molecule is O=C1CCC(=O)N1OC1/C=C/CCC(S)(C(=O)I)CC1. The van der Waals surface area contributed by atoms with Crippen LogP contribution >= 0.6 is 35.2 Å². The molecular formula is C13H16INO4S. The molecule has 7 heteroatoms. The second-order valence-electron chi connectivity index (χ2n) is 5.04. The molecule has 0 N–H and O–H groups in total. The third-order valence-electron chi connectivity index (χ3n) is 3.53. The van der Waals surface area contributed by atoms with Crippen LogP contribution in [0.3, 0.4) is 0 Å². The van der Waals surface area contributed by atoms with Gasteiger partial charge in [-0.25, -0.2) is 0 Å². The predicted octanol–water partition coefficient (Wildman–Crippen LogP) is 2.20. The fraction of sp³-hybridized carbons (Fsp3) is 0.615. The summed E-state index contributed by atoms with van der Waals surface area (Å²) < 4.78 is -0.646. The fourth-order valence-electron chi connectivity index (χ4n) is 2.27. The van der Waals surface area contributed by atoms with Crippen molar-refractivity contribution in [2.75, 3.05) is 0 Å². The van der Waals surface area contributed by atoms with Crippen molar-refractivity contribution >= 4 is 50.8 Å². The van der Waals surface area contributed by atoms with Crippen molar-refractivity contribution in [3.05, 3.63) is 12.2 Å². The Kier molecular flexibility index (Phi) is 5.25. The molecule has 0 radical (unpaired) electrons. The van der Waals surface area contributed by atoms with Gasteiger partial charge in [0.05, 0.1) is 4.75 Å². The van der Waals surface area contributed by atoms with Crippen LogP contribution in [0, 0.1) is 0 Å². The van der Waals surface area contributed by atoms with Crippen LogP contribution in [0.25, 0.3) is 0 Å². The first-order valence-corrected chi connectivity index (χ1v) is 8.06. The van der Waals surface area contributed by atoms with Crippen LogP contribution in [0.5, 0.6) is 0 Å². The average molecular weight is 409 g/mol. The molecule has 2 aliphatic rings. The minimum atomic E-state index is -0.661. The molecule has 2 amide bonds. The summed E-state index contributed by atoms with van der Waals surface area (Å²) in [7, 11) is 0. The zero-order valence-electron chi connectivity index (χ0n) is 10.9. The summed E-state index contributed by atoms with van der Waals surface area (Å²) in [5, 5.41) is 0.864. The molecule has 110 valence electrons. The van der Waals surface area contributed by atoms with Gasteiger partial charge in [-0.3, -0.25) is 19.2 Å². The van der Waals surface area contributed by atoms with E-state index in [9.17, 15) is 14.4 Å². The molecular weight excluding hydrogens is 393 g/mol. The van der Waals surface area contributed by atoms with Crippen molar-refractivity contribution < 1.29 is 19.2 Å². The Labute approximate surface area is 136 Å². The molecule has 2 rings (SSSR count). The van der Waals surface area contributed by atoms with Gasteiger partial charge in [-0.15, -0.1) is 0 Å². The van der Waals surface area contributed by atoms with Crippen molar-refractivity contribution in [2.24, 2.45) is 0 Å². The summed E-state index contributed by atoms with van der Waals surface area (Å²) in [5.41, 5.74) is 0. The Hall–Kier alpha value is -0.410. The highest BCUT2D eigenvalue weighted by Crippen LogP contribution is 2.34. The standard InChI is InChI=1S/C13H16INO4S/c14-12(18)13(20)7-2-1-3-9(6-8-13)19-15-10(16)4-5-11(15)17/h1,3,9,20H,2,4-8H2/b3-1+. The zero-order chi connectivity index (χ0) is 14.8. The van der Waals surface area contributed by atoms with Crippen LogP contribution in [-0.2, 0) is 19.2 Å². The van der Waals surface area contributed by atoms with E-state index in [0.29, 0.717) is 19.3 Å². The van der Waals surface area contributed by atoms with Crippen LogP contribution in [0.1, 0.15) is 38.5 Å². The number of carbonyl (C=O) groups excluding carboxylic acids is 3. The number of halogens is 1. The number of amides is 2. The first-order valence-electron chi connectivity index (χ1n) is 6.54. The highest BCUT2D eigenvalue weighted by atomic mass is 127. The summed E-state index contributed by atoms with van der Waals surface area (Å²) in [6.45, 7) is 0. The largest absolute Gasteiger partial charge is 0.286 e. The van der Waals surface area contributed by atoms with Gasteiger partial charge in [-0.2, -0.15) is 17.7 Å². The molecule has 20 heavy (non-hydrogen) atoms. The number of rotatable bonds is 3. The van der Waals surface area contributed by atoms with E-state index in [1.807, 2.05) is 12.2 Å². The van der Waals surface area contributed by atoms with E-state index >= 15 is 0 Å². The van der Waals surface area contributed by atoms with E-state index < -0.39 is 4.75 Å². The zero-order valence-corrected chi connectivity index (χ0v) is 13.9. The summed E-state index contributed by atoms with van der Waals surface area (Å²) in [6.07, 6.45) is 6.32. The van der Waals surface area contributed by atoms with Gasteiger partial charge in [-0.05, 0) is 25.7 Å². The topological polar surface area (TPSA) is 63.7 Å². The molecule has 0 saturated carbocycles. The number of hydrogen-bond donors (Lipinski definition) is 1. The molecule has 2 unspecified atom stereocenters. The van der Waals surface area contributed by atoms with E-state index in [2.05, 4.69) is 12.6 Å². The van der Waals surface area contributed by atoms with E-state index in [-0.39, 0.29) is 34.5 Å². The lowest BCUT2D eigenvalue weighted by Gasteiger charge is -2.28. The molecule has 5 nitrogen and oxygen atoms in total. The number of imide groups is 1. The Morgan fingerprint density at radius 3 is 2.60 bits per heavy atom. The molecule has 0 aromatic rings. The van der Waals surface area contributed by atoms with Crippen LogP contribution in [-0.4, -0.2) is 31.5 Å². The third kappa shape index (κ3) is 3.62. The number of hydroxylamine groups is 2. The maximum Gasteiger partial charge on any atom is 0.254 e. The molecule has 1 saturated heterocycles. The second kappa shape index (κ2) is 6.57. The Morgan fingerprint density at radius 1 is 1.35 bits per heavy atom. The Bertz CT molecular complexity index is 451. The summed E-state index contributed by atoms with van der Waals surface area (Å²) in [5.74, 6) is -0.597. The summed E-state index contributed by atoms with van der Waals surface area (Å²) >= 11 is 6.27. The first kappa shape index (κ1) is 16.0. The van der Waals surface area contributed by atoms with E-state index in [1.165, 1.54) is 0 Å². The molecule has 0 aromatic carbocycles. The van der Waals surface area contributed by atoms with Gasteiger partial charge in [0.15, 0.2) is 0 Å². The van der Waals surface area contributed by atoms with E-state index in [4.69, 9.17) is 4.84 Å². The van der Waals surface area contributed by atoms with Gasteiger partial charge in [-0.1, -0.05) is 12.2 Å². The second-order valence-corrected chi connectivity index (χ2v) is 6.87. The number of allylic oxidation sites excluding steroid dienone is 1. The van der Waals surface area contributed by atoms with Crippen molar-refractivity contribution in [1.29, 1.82) is 0 Å². The summed E-state index contributed by atoms with van der Waals surface area (Å²) in [6, 6.07) is 0. The molecule has 1 aliphatic carbocycles. The molecule has 0 bridgehead atoms. The number of nitrogens with zero attached hydrogens (tertiary/aromatic N) is 1. The van der Waals surface area contributed by atoms with Crippen molar-refractivity contribution in [1.82, 2.24) is 5.06 Å². The van der Waals surface area contributed by atoms with Gasteiger partial charge < -0.3 is 0 Å². The average Bonchev–Trinajstić information content (AvgIpc) is 2.69. The molecule has 0 aromatic heterocycles. The maximum absolute atomic E-state index is 11.7. The minimum absolute atomic E-state index is 0.0146.